The van der Waals surface area contributed by atoms with Gasteiger partial charge in [0.1, 0.15) is 5.82 Å². The Labute approximate surface area is 169 Å². The van der Waals surface area contributed by atoms with Crippen LogP contribution >= 0.6 is 0 Å². The lowest BCUT2D eigenvalue weighted by atomic mass is 9.86. The van der Waals surface area contributed by atoms with Crippen LogP contribution < -0.4 is 4.90 Å². The van der Waals surface area contributed by atoms with E-state index in [1.807, 2.05) is 0 Å². The highest BCUT2D eigenvalue weighted by Crippen LogP contribution is 2.39. The van der Waals surface area contributed by atoms with Gasteiger partial charge in [-0.3, -0.25) is 4.90 Å². The first-order valence-corrected chi connectivity index (χ1v) is 10.8. The fraction of sp³-hybridized carbons (Fsp3) is 0.542. The zero-order valence-electron chi connectivity index (χ0n) is 17.3. The molecule has 0 atom stereocenters. The lowest BCUT2D eigenvalue weighted by Crippen LogP contribution is -2.46. The van der Waals surface area contributed by atoms with E-state index < -0.39 is 0 Å². The maximum absolute atomic E-state index is 8.95. The first-order chi connectivity index (χ1) is 13.6. The van der Waals surface area contributed by atoms with Gasteiger partial charge in [0, 0.05) is 38.3 Å². The molecule has 4 rings (SSSR count). The van der Waals surface area contributed by atoms with Gasteiger partial charge in [-0.2, -0.15) is 0 Å². The summed E-state index contributed by atoms with van der Waals surface area (Å²) in [4.78, 5) is 9.91. The molecule has 1 saturated heterocycles. The summed E-state index contributed by atoms with van der Waals surface area (Å²) < 4.78 is 0. The highest BCUT2D eigenvalue weighted by atomic mass is 16.2. The van der Waals surface area contributed by atoms with Crippen molar-refractivity contribution in [3.63, 3.8) is 0 Å². The molecular weight excluding hydrogens is 346 g/mol. The maximum Gasteiger partial charge on any atom is 0.129 e. The molecule has 1 aliphatic carbocycles. The van der Waals surface area contributed by atoms with Gasteiger partial charge < -0.3 is 10.0 Å². The van der Waals surface area contributed by atoms with Gasteiger partial charge in [-0.25, -0.2) is 4.98 Å². The lowest BCUT2D eigenvalue weighted by molar-refractivity contribution is 0.232. The Morgan fingerprint density at radius 3 is 2.64 bits per heavy atom. The van der Waals surface area contributed by atoms with Crippen LogP contribution in [0.4, 0.5) is 5.82 Å². The largest absolute Gasteiger partial charge is 0.396 e. The Morgan fingerprint density at radius 1 is 1.04 bits per heavy atom. The van der Waals surface area contributed by atoms with Gasteiger partial charge in [0.2, 0.25) is 0 Å². The molecule has 1 fully saturated rings. The molecule has 1 aromatic heterocycles. The number of piperazine rings is 1. The molecule has 0 unspecified atom stereocenters. The van der Waals surface area contributed by atoms with Crippen molar-refractivity contribution in [3.05, 3.63) is 47.5 Å². The molecule has 150 valence electrons. The van der Waals surface area contributed by atoms with Gasteiger partial charge in [-0.05, 0) is 67.0 Å². The number of unbranched alkanes of at least 4 members (excludes halogenated alkanes) is 1. The lowest BCUT2D eigenvalue weighted by Gasteiger charge is -2.35. The molecule has 1 N–H and O–H groups in total. The molecule has 0 radical (unpaired) electrons. The summed E-state index contributed by atoms with van der Waals surface area (Å²) in [5.41, 5.74) is 5.62. The minimum absolute atomic E-state index is 0.302. The van der Waals surface area contributed by atoms with Crippen molar-refractivity contribution >= 4 is 5.82 Å². The predicted octanol–water partition coefficient (Wildman–Crippen LogP) is 3.87. The predicted molar refractivity (Wildman–Crippen MR) is 116 cm³/mol. The zero-order chi connectivity index (χ0) is 19.6. The molecule has 1 aromatic carbocycles. The number of hydrogen-bond acceptors (Lipinski definition) is 4. The maximum atomic E-state index is 8.95. The molecule has 0 saturated carbocycles. The third-order valence-electron chi connectivity index (χ3n) is 6.46. The minimum atomic E-state index is 0.302. The van der Waals surface area contributed by atoms with Crippen molar-refractivity contribution < 1.29 is 5.11 Å². The summed E-state index contributed by atoms with van der Waals surface area (Å²) in [6.45, 7) is 10.3. The van der Waals surface area contributed by atoms with Crippen molar-refractivity contribution in [1.29, 1.82) is 0 Å². The van der Waals surface area contributed by atoms with Gasteiger partial charge in [0.15, 0.2) is 0 Å². The number of aryl methyl sites for hydroxylation is 1. The Kier molecular flexibility index (Phi) is 5.70. The zero-order valence-corrected chi connectivity index (χ0v) is 17.3. The third kappa shape index (κ3) is 4.08. The fourth-order valence-corrected chi connectivity index (χ4v) is 4.61. The average molecular weight is 380 g/mol. The monoisotopic (exact) mass is 379 g/mol. The number of pyridine rings is 1. The highest BCUT2D eigenvalue weighted by Gasteiger charge is 2.29. The topological polar surface area (TPSA) is 39.6 Å². The van der Waals surface area contributed by atoms with Crippen molar-refractivity contribution in [2.75, 3.05) is 44.2 Å². The molecule has 2 aromatic rings. The summed E-state index contributed by atoms with van der Waals surface area (Å²) in [5, 5.41) is 8.95. The van der Waals surface area contributed by atoms with Crippen LogP contribution in [0.15, 0.2) is 36.4 Å². The normalized spacial score (nSPS) is 19.0. The summed E-state index contributed by atoms with van der Waals surface area (Å²) in [5.74, 6) is 1.09. The van der Waals surface area contributed by atoms with Crippen molar-refractivity contribution in [2.24, 2.45) is 0 Å². The van der Waals surface area contributed by atoms with E-state index in [9.17, 15) is 0 Å². The summed E-state index contributed by atoms with van der Waals surface area (Å²) >= 11 is 0. The van der Waals surface area contributed by atoms with Crippen LogP contribution in [-0.4, -0.2) is 54.3 Å². The number of aromatic nitrogens is 1. The van der Waals surface area contributed by atoms with E-state index in [0.717, 1.165) is 57.1 Å². The van der Waals surface area contributed by atoms with Gasteiger partial charge in [-0.15, -0.1) is 0 Å². The van der Waals surface area contributed by atoms with E-state index in [-0.39, 0.29) is 0 Å². The van der Waals surface area contributed by atoms with E-state index in [1.165, 1.54) is 29.5 Å². The second-order valence-electron chi connectivity index (χ2n) is 8.90. The molecule has 28 heavy (non-hydrogen) atoms. The Hall–Kier alpha value is -1.91. The van der Waals surface area contributed by atoms with E-state index in [0.29, 0.717) is 12.0 Å². The van der Waals surface area contributed by atoms with Gasteiger partial charge in [0.05, 0.1) is 5.69 Å². The van der Waals surface area contributed by atoms with Crippen LogP contribution in [0.1, 0.15) is 44.2 Å². The van der Waals surface area contributed by atoms with Crippen molar-refractivity contribution in [2.45, 2.75) is 44.9 Å². The second-order valence-corrected chi connectivity index (χ2v) is 8.90. The number of aliphatic hydroxyl groups excluding tert-OH is 1. The molecular formula is C24H33N3O. The van der Waals surface area contributed by atoms with Crippen LogP contribution in [0.3, 0.4) is 0 Å². The molecule has 0 amide bonds. The van der Waals surface area contributed by atoms with Crippen LogP contribution in [0.5, 0.6) is 0 Å². The number of benzene rings is 1. The molecule has 1 aliphatic heterocycles. The first-order valence-electron chi connectivity index (χ1n) is 10.8. The van der Waals surface area contributed by atoms with E-state index in [4.69, 9.17) is 10.1 Å². The quantitative estimate of drug-likeness (QED) is 0.774. The minimum Gasteiger partial charge on any atom is -0.396 e. The summed E-state index contributed by atoms with van der Waals surface area (Å²) in [6.07, 6.45) is 4.40. The standard InChI is InChI=1S/C24H33N3O/c1-24(2)11-10-19-18-20(8-9-21(19)24)22-6-5-7-23(25-22)27-15-13-26(14-16-27)12-3-4-17-28/h5-9,18,28H,3-4,10-17H2,1-2H3. The van der Waals surface area contributed by atoms with Gasteiger partial charge >= 0.3 is 0 Å². The van der Waals surface area contributed by atoms with Crippen molar-refractivity contribution in [3.8, 4) is 11.3 Å². The number of aliphatic hydroxyl groups is 1. The Bertz CT molecular complexity index is 809. The van der Waals surface area contributed by atoms with Crippen LogP contribution in [-0.2, 0) is 11.8 Å². The van der Waals surface area contributed by atoms with Crippen LogP contribution in [0.25, 0.3) is 11.3 Å². The number of anilines is 1. The number of hydrogen-bond donors (Lipinski definition) is 1. The summed E-state index contributed by atoms with van der Waals surface area (Å²) in [6, 6.07) is 13.3. The van der Waals surface area contributed by atoms with Crippen LogP contribution in [0.2, 0.25) is 0 Å². The van der Waals surface area contributed by atoms with Gasteiger partial charge in [0.25, 0.3) is 0 Å². The smallest absolute Gasteiger partial charge is 0.129 e. The Balaban J connectivity index is 1.45. The SMILES string of the molecule is CC1(C)CCc2cc(-c3cccc(N4CCN(CCCCO)CC4)n3)ccc21. The molecule has 4 nitrogen and oxygen atoms in total. The Morgan fingerprint density at radius 2 is 1.86 bits per heavy atom. The second kappa shape index (κ2) is 8.22. The van der Waals surface area contributed by atoms with E-state index >= 15 is 0 Å². The molecule has 2 aliphatic rings. The molecule has 0 spiro atoms. The third-order valence-corrected chi connectivity index (χ3v) is 6.46. The molecule has 2 heterocycles. The fourth-order valence-electron chi connectivity index (χ4n) is 4.61. The average Bonchev–Trinajstić information content (AvgIpc) is 3.03. The summed E-state index contributed by atoms with van der Waals surface area (Å²) in [7, 11) is 0. The molecule has 0 bridgehead atoms. The molecule has 4 heteroatoms. The van der Waals surface area contributed by atoms with E-state index in [2.05, 4.69) is 60.0 Å². The van der Waals surface area contributed by atoms with Gasteiger partial charge in [-0.1, -0.05) is 32.0 Å². The highest BCUT2D eigenvalue weighted by molar-refractivity contribution is 5.64. The first kappa shape index (κ1) is 19.4. The van der Waals surface area contributed by atoms with Crippen LogP contribution in [0, 0.1) is 0 Å². The number of nitrogens with zero attached hydrogens (tertiary/aromatic N) is 3. The number of rotatable bonds is 6. The number of fused-ring (bicyclic) bond motifs is 1. The van der Waals surface area contributed by atoms with E-state index in [1.54, 1.807) is 0 Å². The van der Waals surface area contributed by atoms with Crippen molar-refractivity contribution in [1.82, 2.24) is 9.88 Å².